The van der Waals surface area contributed by atoms with Crippen LogP contribution in [0.4, 0.5) is 0 Å². The third kappa shape index (κ3) is 33.9. The number of hydrogen-bond acceptors (Lipinski definition) is 18. The molecule has 2 unspecified atom stereocenters. The van der Waals surface area contributed by atoms with Gasteiger partial charge < -0.3 is 25.7 Å². The van der Waals surface area contributed by atoms with Crippen molar-refractivity contribution in [2.45, 2.75) is 92.9 Å². The summed E-state index contributed by atoms with van der Waals surface area (Å²) in [5.41, 5.74) is 0. The largest absolute Gasteiger partial charge is 0 e. The molecule has 4 saturated heterocycles. The Labute approximate surface area is 460 Å². The van der Waals surface area contributed by atoms with Crippen molar-refractivity contribution >= 4 is 65.4 Å². The normalized spacial score (nSPS) is 20.3. The number of carboxylic acids is 2. The number of nitrogens with zero attached hydrogens (tertiary/aromatic N) is 8. The van der Waals surface area contributed by atoms with Crippen LogP contribution in [0.3, 0.4) is 0 Å². The minimum absolute atomic E-state index is 0. The first-order chi connectivity index (χ1) is 34.9. The molecular formula is C50H92CuGaN10O12. The SMILES string of the molecule is CCN1CCN(CC(=O)O)CCN(CC(=O)CCCCCNC(=O)C(C)C)CCN(CC(=O)O)CC1.CCN1CCN2CCN(CC(=O)CCCCCNC(=O)C(C)C)CCN(CC1)CC(=O)[O][68Ga][O]C(=O)C2.[64Cu]. The monoisotopic (exact) mass is 1160 g/mol. The first-order valence-electron chi connectivity index (χ1n) is 26.9. The second-order valence-corrected chi connectivity index (χ2v) is 21.4. The van der Waals surface area contributed by atoms with Crippen LogP contribution in [-0.4, -0.2) is 285 Å². The van der Waals surface area contributed by atoms with E-state index < -0.39 is 30.1 Å². The first-order valence-corrected chi connectivity index (χ1v) is 28.9. The van der Waals surface area contributed by atoms with E-state index in [4.69, 9.17) is 7.06 Å². The van der Waals surface area contributed by atoms with Gasteiger partial charge in [0.15, 0.2) is 0 Å². The molecule has 4 rings (SSSR count). The van der Waals surface area contributed by atoms with Gasteiger partial charge >= 0.3 is 194 Å². The molecule has 2 bridgehead atoms. The van der Waals surface area contributed by atoms with Gasteiger partial charge in [0, 0.05) is 101 Å². The number of unbranched alkanes of at least 4 members (excludes halogenated alkanes) is 4. The fourth-order valence-corrected chi connectivity index (χ4v) is 9.29. The van der Waals surface area contributed by atoms with Crippen LogP contribution >= 0.6 is 0 Å². The molecule has 2 atom stereocenters. The van der Waals surface area contributed by atoms with E-state index in [1.807, 2.05) is 49.3 Å². The number of carboxylic acid groups (broad SMARTS) is 2. The van der Waals surface area contributed by atoms with Gasteiger partial charge in [-0.15, -0.1) is 0 Å². The third-order valence-corrected chi connectivity index (χ3v) is 14.8. The van der Waals surface area contributed by atoms with Crippen molar-refractivity contribution in [1.29, 1.82) is 0 Å². The van der Waals surface area contributed by atoms with Crippen LogP contribution in [0.2, 0.25) is 0 Å². The van der Waals surface area contributed by atoms with Crippen molar-refractivity contribution in [3.05, 3.63) is 0 Å². The Kier molecular flexibility index (Phi) is 38.4. The van der Waals surface area contributed by atoms with Crippen LogP contribution in [0, 0.1) is 11.8 Å². The second-order valence-electron chi connectivity index (χ2n) is 20.0. The molecule has 74 heavy (non-hydrogen) atoms. The molecule has 0 aromatic rings. The number of fused-ring (bicyclic) bond motifs is 14. The summed E-state index contributed by atoms with van der Waals surface area (Å²) in [4.78, 5) is 113. The van der Waals surface area contributed by atoms with E-state index in [1.54, 1.807) is 0 Å². The molecule has 0 aromatic heterocycles. The van der Waals surface area contributed by atoms with Crippen LogP contribution < -0.4 is 10.6 Å². The van der Waals surface area contributed by atoms with E-state index >= 15 is 0 Å². The summed E-state index contributed by atoms with van der Waals surface area (Å²) in [5.74, 6) is -2.07. The number of carbonyl (C=O) groups is 8. The molecule has 2 amide bonds. The molecule has 4 aliphatic heterocycles. The number of amides is 2. The molecule has 0 saturated carbocycles. The van der Waals surface area contributed by atoms with Gasteiger partial charge in [0.2, 0.25) is 11.8 Å². The number of aliphatic carboxylic acids is 2. The van der Waals surface area contributed by atoms with E-state index in [2.05, 4.69) is 42.1 Å². The molecule has 428 valence electrons. The van der Waals surface area contributed by atoms with E-state index in [9.17, 15) is 48.6 Å². The van der Waals surface area contributed by atoms with Gasteiger partial charge in [-0.1, -0.05) is 41.0 Å². The zero-order chi connectivity index (χ0) is 54.0. The number of nitrogens with one attached hydrogen (secondary N) is 2. The fraction of sp³-hybridized carbons (Fsp3) is 0.840. The smallest absolute Gasteiger partial charge is 0 e. The minimum atomic E-state index is -1.84. The Morgan fingerprint density at radius 3 is 1.08 bits per heavy atom. The molecule has 4 heterocycles. The van der Waals surface area contributed by atoms with Gasteiger partial charge in [0.1, 0.15) is 5.78 Å². The predicted octanol–water partition coefficient (Wildman–Crippen LogP) is 0.0601. The molecule has 0 aliphatic carbocycles. The Bertz CT molecular complexity index is 1610. The summed E-state index contributed by atoms with van der Waals surface area (Å²) >= 11 is -1.84. The van der Waals surface area contributed by atoms with Crippen molar-refractivity contribution in [3.8, 4) is 0 Å². The van der Waals surface area contributed by atoms with Gasteiger partial charge in [-0.3, -0.25) is 38.7 Å². The molecule has 2 radical (unpaired) electrons. The van der Waals surface area contributed by atoms with Gasteiger partial charge in [-0.2, -0.15) is 0 Å². The Morgan fingerprint density at radius 1 is 0.473 bits per heavy atom. The van der Waals surface area contributed by atoms with Gasteiger partial charge in [-0.25, -0.2) is 0 Å². The van der Waals surface area contributed by atoms with Crippen molar-refractivity contribution in [3.63, 3.8) is 0 Å². The predicted molar refractivity (Wildman–Crippen MR) is 279 cm³/mol. The van der Waals surface area contributed by atoms with E-state index in [1.165, 1.54) is 0 Å². The maximum Gasteiger partial charge on any atom is 0 e. The topological polar surface area (TPSA) is 245 Å². The molecular weight excluding hydrogens is 1060 g/mol. The summed E-state index contributed by atoms with van der Waals surface area (Å²) in [7, 11) is 0. The summed E-state index contributed by atoms with van der Waals surface area (Å²) in [6.07, 6.45) is 5.98. The Hall–Kier alpha value is -3.00. The Morgan fingerprint density at radius 2 is 0.770 bits per heavy atom. The summed E-state index contributed by atoms with van der Waals surface area (Å²) in [6, 6.07) is 0. The number of rotatable bonds is 24. The zero-order valence-corrected chi connectivity index (χ0v) is 49.0. The van der Waals surface area contributed by atoms with Crippen molar-refractivity contribution in [2.24, 2.45) is 11.8 Å². The molecule has 4 N–H and O–H groups in total. The van der Waals surface area contributed by atoms with Crippen LogP contribution in [-0.2, 0) is 62.5 Å². The molecule has 24 heteroatoms. The van der Waals surface area contributed by atoms with Crippen LogP contribution in [0.5, 0.6) is 0 Å². The number of Topliss-reactive ketones (excluding diaryl/α,β-unsaturated/α-hetero) is 2. The van der Waals surface area contributed by atoms with Gasteiger partial charge in [0.25, 0.3) is 0 Å². The van der Waals surface area contributed by atoms with Crippen LogP contribution in [0.25, 0.3) is 0 Å². The molecule has 0 spiro atoms. The Balaban J connectivity index is 0.000000731. The average Bonchev–Trinajstić information content (AvgIpc) is 3.33. The summed E-state index contributed by atoms with van der Waals surface area (Å²) in [5, 5.41) is 24.4. The number of hydrogen-bond donors (Lipinski definition) is 4. The second kappa shape index (κ2) is 41.1. The quantitative estimate of drug-likeness (QED) is 0.0738. The van der Waals surface area contributed by atoms with E-state index in [0.29, 0.717) is 111 Å². The molecule has 0 aromatic carbocycles. The minimum Gasteiger partial charge on any atom is 0 e. The first kappa shape index (κ1) is 69.0. The number of carbonyl (C=O) groups excluding carboxylic acids is 6. The van der Waals surface area contributed by atoms with Crippen molar-refractivity contribution < 1.29 is 72.7 Å². The van der Waals surface area contributed by atoms with Gasteiger partial charge in [0.05, 0.1) is 19.6 Å². The van der Waals surface area contributed by atoms with Crippen LogP contribution in [0.15, 0.2) is 0 Å². The third-order valence-electron chi connectivity index (χ3n) is 13.2. The van der Waals surface area contributed by atoms with E-state index in [0.717, 1.165) is 77.8 Å². The molecule has 4 fully saturated rings. The number of ketones is 2. The summed E-state index contributed by atoms with van der Waals surface area (Å²) < 4.78 is 10.5. The average molecular weight is 1160 g/mol. The molecule has 4 aliphatic rings. The maximum atomic E-state index is 12.8. The fourth-order valence-electron chi connectivity index (χ4n) is 8.43. The van der Waals surface area contributed by atoms with Crippen molar-refractivity contribution in [1.82, 2.24) is 49.8 Å². The van der Waals surface area contributed by atoms with Crippen molar-refractivity contribution in [2.75, 3.05) is 170 Å². The zero-order valence-electron chi connectivity index (χ0n) is 45.6. The maximum absolute atomic E-state index is 12.8. The van der Waals surface area contributed by atoms with Crippen LogP contribution in [0.1, 0.15) is 92.9 Å². The standard InChI is InChI=1S/2C25H47N5O6.Cu.Ga/c2*1-4-27-10-12-29(19-23(32)33)16-14-28(15-17-30(13-11-27)20-24(34)35)18-22(31)8-6-5-7-9-26-25(36)21(2)3;;/h2*21H,4-20H2,1-3H3,(H,26,36)(H,32,33)(H,34,35);;/q;;;+2/p-2/i;;1+0;1-2. The number of likely N-dealkylation sites (N-methyl/N-ethyl adjacent to an activating group) is 2. The van der Waals surface area contributed by atoms with E-state index in [-0.39, 0.29) is 96.9 Å². The molecule has 22 nitrogen and oxygen atoms in total. The van der Waals surface area contributed by atoms with Gasteiger partial charge in [-0.05, 0) is 25.8 Å². The summed E-state index contributed by atoms with van der Waals surface area (Å²) in [6.45, 7) is 26.1.